The molecule has 1 unspecified atom stereocenters. The summed E-state index contributed by atoms with van der Waals surface area (Å²) in [5.74, 6) is 0.349. The maximum Gasteiger partial charge on any atom is 0.243 e. The van der Waals surface area contributed by atoms with Crippen LogP contribution in [0.2, 0.25) is 0 Å². The molecule has 5 heteroatoms. The molecule has 23 heavy (non-hydrogen) atoms. The molecular weight excluding hydrogens is 356 g/mol. The fourth-order valence-electron chi connectivity index (χ4n) is 3.44. The molecule has 2 saturated carbocycles. The van der Waals surface area contributed by atoms with Crippen molar-refractivity contribution in [3.63, 3.8) is 0 Å². The first-order valence-electron chi connectivity index (χ1n) is 8.09. The Labute approximate surface area is 145 Å². The summed E-state index contributed by atoms with van der Waals surface area (Å²) in [5, 5.41) is 14.5. The van der Waals surface area contributed by atoms with Gasteiger partial charge in [0.25, 0.3) is 0 Å². The smallest absolute Gasteiger partial charge is 0.243 e. The van der Waals surface area contributed by atoms with Gasteiger partial charge >= 0.3 is 0 Å². The van der Waals surface area contributed by atoms with Crippen molar-refractivity contribution in [2.75, 3.05) is 0 Å². The summed E-state index contributed by atoms with van der Waals surface area (Å²) in [6.45, 7) is 6.13. The lowest BCUT2D eigenvalue weighted by atomic mass is 9.80. The van der Waals surface area contributed by atoms with Crippen molar-refractivity contribution in [1.29, 1.82) is 0 Å². The normalized spacial score (nSPS) is 22.2. The maximum absolute atomic E-state index is 12.1. The fourth-order valence-corrected chi connectivity index (χ4v) is 3.91. The molecule has 0 aliphatic heterocycles. The van der Waals surface area contributed by atoms with E-state index in [2.05, 4.69) is 26.5 Å². The second-order valence-electron chi connectivity index (χ2n) is 7.85. The maximum atomic E-state index is 12.1. The zero-order valence-corrected chi connectivity index (χ0v) is 15.4. The molecule has 2 aliphatic rings. The number of nitrogens with zero attached hydrogens (tertiary/aromatic N) is 1. The molecule has 1 aromatic rings. The third-order valence-electron chi connectivity index (χ3n) is 5.15. The Morgan fingerprint density at radius 2 is 2.13 bits per heavy atom. The van der Waals surface area contributed by atoms with Gasteiger partial charge in [0.2, 0.25) is 5.91 Å². The lowest BCUT2D eigenvalue weighted by Crippen LogP contribution is -2.26. The zero-order valence-electron chi connectivity index (χ0n) is 13.8. The van der Waals surface area contributed by atoms with E-state index in [1.54, 1.807) is 6.07 Å². The van der Waals surface area contributed by atoms with Crippen LogP contribution in [0.25, 0.3) is 0 Å². The van der Waals surface area contributed by atoms with Gasteiger partial charge in [0.05, 0.1) is 6.21 Å². The second kappa shape index (κ2) is 5.62. The molecule has 1 aromatic carbocycles. The highest BCUT2D eigenvalue weighted by Crippen LogP contribution is 2.65. The van der Waals surface area contributed by atoms with Crippen molar-refractivity contribution in [1.82, 2.24) is 5.43 Å². The number of hydrazone groups is 1. The van der Waals surface area contributed by atoms with Crippen LogP contribution < -0.4 is 5.43 Å². The highest BCUT2D eigenvalue weighted by Gasteiger charge is 2.60. The van der Waals surface area contributed by atoms with Gasteiger partial charge in [0.1, 0.15) is 5.75 Å². The van der Waals surface area contributed by atoms with Crippen molar-refractivity contribution in [3.8, 4) is 5.75 Å². The van der Waals surface area contributed by atoms with Crippen LogP contribution >= 0.6 is 15.9 Å². The number of hydrogen-bond donors (Lipinski definition) is 2. The Morgan fingerprint density at radius 3 is 2.65 bits per heavy atom. The van der Waals surface area contributed by atoms with E-state index in [1.165, 1.54) is 25.5 Å². The molecule has 3 rings (SSSR count). The average molecular weight is 379 g/mol. The van der Waals surface area contributed by atoms with Gasteiger partial charge < -0.3 is 5.11 Å². The van der Waals surface area contributed by atoms with Crippen LogP contribution in [-0.2, 0) is 10.2 Å². The van der Waals surface area contributed by atoms with E-state index in [0.29, 0.717) is 11.0 Å². The fraction of sp³-hybridized carbons (Fsp3) is 0.556. The molecule has 124 valence electrons. The predicted molar refractivity (Wildman–Crippen MR) is 94.6 cm³/mol. The highest BCUT2D eigenvalue weighted by molar-refractivity contribution is 9.10. The zero-order chi connectivity index (χ0) is 16.8. The van der Waals surface area contributed by atoms with Crippen LogP contribution in [0.3, 0.4) is 0 Å². The van der Waals surface area contributed by atoms with E-state index < -0.39 is 0 Å². The number of rotatable bonds is 3. The van der Waals surface area contributed by atoms with Crippen molar-refractivity contribution in [2.24, 2.45) is 16.4 Å². The molecule has 2 N–H and O–H groups in total. The third kappa shape index (κ3) is 3.16. The number of halogens is 1. The van der Waals surface area contributed by atoms with Gasteiger partial charge in [-0.3, -0.25) is 4.79 Å². The van der Waals surface area contributed by atoms with Crippen LogP contribution in [-0.4, -0.2) is 17.2 Å². The molecular formula is C18H23BrN2O2. The summed E-state index contributed by atoms with van der Waals surface area (Å²) in [4.78, 5) is 12.1. The number of hydrogen-bond acceptors (Lipinski definition) is 3. The highest BCUT2D eigenvalue weighted by atomic mass is 79.9. The Morgan fingerprint density at radius 1 is 1.43 bits per heavy atom. The van der Waals surface area contributed by atoms with Crippen molar-refractivity contribution in [3.05, 3.63) is 27.7 Å². The van der Waals surface area contributed by atoms with Gasteiger partial charge in [-0.2, -0.15) is 5.10 Å². The quantitative estimate of drug-likeness (QED) is 0.614. The van der Waals surface area contributed by atoms with Crippen LogP contribution in [0.1, 0.15) is 57.6 Å². The number of amides is 1. The van der Waals surface area contributed by atoms with E-state index in [1.807, 2.05) is 26.8 Å². The Kier molecular flexibility index (Phi) is 4.03. The molecule has 0 radical (unpaired) electrons. The molecule has 0 bridgehead atoms. The predicted octanol–water partition coefficient (Wildman–Crippen LogP) is 4.09. The minimum atomic E-state index is -0.176. The minimum absolute atomic E-state index is 0.00600. The first-order valence-corrected chi connectivity index (χ1v) is 8.88. The van der Waals surface area contributed by atoms with E-state index in [0.717, 1.165) is 16.5 Å². The monoisotopic (exact) mass is 378 g/mol. The van der Waals surface area contributed by atoms with Crippen LogP contribution in [0.5, 0.6) is 5.75 Å². The number of benzene rings is 1. The lowest BCUT2D eigenvalue weighted by molar-refractivity contribution is -0.123. The van der Waals surface area contributed by atoms with Gasteiger partial charge in [-0.1, -0.05) is 43.1 Å². The van der Waals surface area contributed by atoms with Gasteiger partial charge in [0, 0.05) is 21.5 Å². The molecule has 1 atom stereocenters. The van der Waals surface area contributed by atoms with E-state index in [-0.39, 0.29) is 23.0 Å². The molecule has 1 spiro atoms. The van der Waals surface area contributed by atoms with E-state index in [9.17, 15) is 9.90 Å². The molecule has 2 fully saturated rings. The molecule has 0 aromatic heterocycles. The Hall–Kier alpha value is -1.36. The van der Waals surface area contributed by atoms with Gasteiger partial charge in [-0.05, 0) is 42.2 Å². The van der Waals surface area contributed by atoms with Crippen molar-refractivity contribution in [2.45, 2.75) is 51.9 Å². The molecule has 0 saturated heterocycles. The van der Waals surface area contributed by atoms with Crippen LogP contribution in [0.4, 0.5) is 0 Å². The first-order chi connectivity index (χ1) is 10.7. The molecule has 4 nitrogen and oxygen atoms in total. The van der Waals surface area contributed by atoms with Crippen molar-refractivity contribution >= 4 is 28.1 Å². The number of phenolic OH excluding ortho intramolecular Hbond substituents is 1. The summed E-state index contributed by atoms with van der Waals surface area (Å²) in [7, 11) is 0. The number of nitrogens with one attached hydrogen (secondary N) is 1. The Bertz CT molecular complexity index is 672. The standard InChI is InChI=1S/C18H23BrN2O2/c1-17(2,3)13-8-12(19)7-11(15(13)22)10-20-21-16(23)14-9-18(14)5-4-6-18/h7-8,10,14,22H,4-6,9H2,1-3H3,(H,21,23). The van der Waals surface area contributed by atoms with Gasteiger partial charge in [-0.25, -0.2) is 5.43 Å². The number of carbonyl (C=O) groups excluding carboxylic acids is 1. The summed E-state index contributed by atoms with van der Waals surface area (Å²) >= 11 is 3.47. The molecule has 0 heterocycles. The summed E-state index contributed by atoms with van der Waals surface area (Å²) in [6, 6.07) is 3.71. The largest absolute Gasteiger partial charge is 0.507 e. The second-order valence-corrected chi connectivity index (χ2v) is 8.76. The van der Waals surface area contributed by atoms with E-state index >= 15 is 0 Å². The summed E-state index contributed by atoms with van der Waals surface area (Å²) in [5.41, 5.74) is 4.19. The molecule has 2 aliphatic carbocycles. The van der Waals surface area contributed by atoms with Crippen LogP contribution in [0, 0.1) is 11.3 Å². The SMILES string of the molecule is CC(C)(C)c1cc(Br)cc(C=NNC(=O)C2CC23CCC3)c1O. The first kappa shape index (κ1) is 16.5. The van der Waals surface area contributed by atoms with Gasteiger partial charge in [-0.15, -0.1) is 0 Å². The minimum Gasteiger partial charge on any atom is -0.507 e. The summed E-state index contributed by atoms with van der Waals surface area (Å²) < 4.78 is 0.878. The van der Waals surface area contributed by atoms with Crippen LogP contribution in [0.15, 0.2) is 21.7 Å². The summed E-state index contributed by atoms with van der Waals surface area (Å²) in [6.07, 6.45) is 6.12. The number of carbonyl (C=O) groups is 1. The topological polar surface area (TPSA) is 61.7 Å². The average Bonchev–Trinajstić information content (AvgIpc) is 3.16. The van der Waals surface area contributed by atoms with E-state index in [4.69, 9.17) is 0 Å². The Balaban J connectivity index is 1.70. The number of phenols is 1. The van der Waals surface area contributed by atoms with Gasteiger partial charge in [0.15, 0.2) is 0 Å². The third-order valence-corrected chi connectivity index (χ3v) is 5.60. The lowest BCUT2D eigenvalue weighted by Gasteiger charge is -2.25. The molecule has 1 amide bonds. The number of aromatic hydroxyl groups is 1. The van der Waals surface area contributed by atoms with Crippen molar-refractivity contribution < 1.29 is 9.90 Å².